The predicted octanol–water partition coefficient (Wildman–Crippen LogP) is 1.40. The fourth-order valence-corrected chi connectivity index (χ4v) is 1.88. The second-order valence-electron chi connectivity index (χ2n) is 4.22. The predicted molar refractivity (Wildman–Crippen MR) is 71.4 cm³/mol. The first kappa shape index (κ1) is 14.3. The molecule has 0 spiro atoms. The van der Waals surface area contributed by atoms with Crippen molar-refractivity contribution in [1.82, 2.24) is 5.32 Å². The number of nitrogens with one attached hydrogen (secondary N) is 2. The maximum atomic E-state index is 10.9. The van der Waals surface area contributed by atoms with Gasteiger partial charge in [0.2, 0.25) is 0 Å². The zero-order valence-electron chi connectivity index (χ0n) is 11.2. The highest BCUT2D eigenvalue weighted by atomic mass is 16.5. The molecule has 0 fully saturated rings. The van der Waals surface area contributed by atoms with Crippen LogP contribution in [0, 0.1) is 13.8 Å². The third-order valence-corrected chi connectivity index (χ3v) is 2.77. The molecule has 0 aliphatic carbocycles. The standard InChI is InChI=1S/C13H20N2O3/c1-8-5-9(2)12(18-4)10(6-8)15-7-11(14-3)13(16)17/h5-6,11,14-15H,7H2,1-4H3,(H,16,17). The van der Waals surface area contributed by atoms with Crippen molar-refractivity contribution in [2.45, 2.75) is 19.9 Å². The normalized spacial score (nSPS) is 12.0. The van der Waals surface area contributed by atoms with Crippen molar-refractivity contribution in [3.63, 3.8) is 0 Å². The molecule has 0 aliphatic rings. The lowest BCUT2D eigenvalue weighted by atomic mass is 10.1. The number of aryl methyl sites for hydroxylation is 2. The summed E-state index contributed by atoms with van der Waals surface area (Å²) in [5, 5.41) is 14.8. The zero-order chi connectivity index (χ0) is 13.7. The average Bonchev–Trinajstić information content (AvgIpc) is 2.28. The second-order valence-corrected chi connectivity index (χ2v) is 4.22. The minimum absolute atomic E-state index is 0.297. The van der Waals surface area contributed by atoms with Crippen LogP contribution < -0.4 is 15.4 Å². The number of hydrogen-bond acceptors (Lipinski definition) is 4. The fourth-order valence-electron chi connectivity index (χ4n) is 1.88. The van der Waals surface area contributed by atoms with Crippen LogP contribution in [0.15, 0.2) is 12.1 Å². The van der Waals surface area contributed by atoms with Gasteiger partial charge in [-0.15, -0.1) is 0 Å². The van der Waals surface area contributed by atoms with Crippen LogP contribution in [0.1, 0.15) is 11.1 Å². The van der Waals surface area contributed by atoms with Gasteiger partial charge in [-0.2, -0.15) is 0 Å². The van der Waals surface area contributed by atoms with Crippen molar-refractivity contribution >= 4 is 11.7 Å². The molecule has 0 aliphatic heterocycles. The van der Waals surface area contributed by atoms with E-state index in [4.69, 9.17) is 9.84 Å². The quantitative estimate of drug-likeness (QED) is 0.714. The first-order valence-electron chi connectivity index (χ1n) is 5.78. The van der Waals surface area contributed by atoms with E-state index in [0.29, 0.717) is 6.54 Å². The van der Waals surface area contributed by atoms with E-state index in [0.717, 1.165) is 22.6 Å². The Balaban J connectivity index is 2.87. The molecular weight excluding hydrogens is 232 g/mol. The van der Waals surface area contributed by atoms with Crippen molar-refractivity contribution in [3.05, 3.63) is 23.3 Å². The molecule has 0 aromatic heterocycles. The number of benzene rings is 1. The molecule has 100 valence electrons. The van der Waals surface area contributed by atoms with E-state index < -0.39 is 12.0 Å². The van der Waals surface area contributed by atoms with Crippen LogP contribution in [0.3, 0.4) is 0 Å². The van der Waals surface area contributed by atoms with Crippen molar-refractivity contribution < 1.29 is 14.6 Å². The number of carbonyl (C=O) groups is 1. The van der Waals surface area contributed by atoms with Gasteiger partial charge in [0.25, 0.3) is 0 Å². The van der Waals surface area contributed by atoms with E-state index in [-0.39, 0.29) is 0 Å². The summed E-state index contributed by atoms with van der Waals surface area (Å²) in [6.07, 6.45) is 0. The number of likely N-dealkylation sites (N-methyl/N-ethyl adjacent to an activating group) is 1. The molecule has 5 heteroatoms. The minimum Gasteiger partial charge on any atom is -0.494 e. The Kier molecular flexibility index (Phi) is 4.97. The van der Waals surface area contributed by atoms with E-state index >= 15 is 0 Å². The van der Waals surface area contributed by atoms with Gasteiger partial charge < -0.3 is 20.5 Å². The van der Waals surface area contributed by atoms with Crippen LogP contribution >= 0.6 is 0 Å². The maximum absolute atomic E-state index is 10.9. The van der Waals surface area contributed by atoms with E-state index in [9.17, 15) is 4.79 Å². The molecule has 1 rings (SSSR count). The van der Waals surface area contributed by atoms with Gasteiger partial charge in [0, 0.05) is 6.54 Å². The van der Waals surface area contributed by atoms with Gasteiger partial charge >= 0.3 is 5.97 Å². The molecule has 1 aromatic carbocycles. The van der Waals surface area contributed by atoms with Gasteiger partial charge in [-0.1, -0.05) is 6.07 Å². The summed E-state index contributed by atoms with van der Waals surface area (Å²) in [5.74, 6) is -0.130. The van der Waals surface area contributed by atoms with Gasteiger partial charge in [0.15, 0.2) is 0 Å². The van der Waals surface area contributed by atoms with Gasteiger partial charge in [-0.25, -0.2) is 0 Å². The number of rotatable bonds is 6. The van der Waals surface area contributed by atoms with Gasteiger partial charge in [0.1, 0.15) is 11.8 Å². The van der Waals surface area contributed by atoms with Crippen molar-refractivity contribution in [2.24, 2.45) is 0 Å². The van der Waals surface area contributed by atoms with Gasteiger partial charge in [-0.3, -0.25) is 4.79 Å². The summed E-state index contributed by atoms with van der Waals surface area (Å²) in [6, 6.07) is 3.34. The first-order chi connectivity index (χ1) is 8.49. The van der Waals surface area contributed by atoms with Gasteiger partial charge in [0.05, 0.1) is 12.8 Å². The first-order valence-corrected chi connectivity index (χ1v) is 5.78. The summed E-state index contributed by atoms with van der Waals surface area (Å²) < 4.78 is 5.33. The lowest BCUT2D eigenvalue weighted by Gasteiger charge is -2.17. The molecule has 0 saturated carbocycles. The summed E-state index contributed by atoms with van der Waals surface area (Å²) in [7, 11) is 3.23. The smallest absolute Gasteiger partial charge is 0.322 e. The minimum atomic E-state index is -0.881. The SMILES string of the molecule is CNC(CNc1cc(C)cc(C)c1OC)C(=O)O. The molecule has 3 N–H and O–H groups in total. The molecule has 1 aromatic rings. The monoisotopic (exact) mass is 252 g/mol. The number of methoxy groups -OCH3 is 1. The number of ether oxygens (including phenoxy) is 1. The summed E-state index contributed by atoms with van der Waals surface area (Å²) in [6.45, 7) is 4.25. The summed E-state index contributed by atoms with van der Waals surface area (Å²) in [4.78, 5) is 10.9. The molecule has 18 heavy (non-hydrogen) atoms. The Morgan fingerprint density at radius 2 is 2.11 bits per heavy atom. The van der Waals surface area contributed by atoms with E-state index in [1.807, 2.05) is 26.0 Å². The van der Waals surface area contributed by atoms with Crippen LogP contribution in [0.5, 0.6) is 5.75 Å². The summed E-state index contributed by atoms with van der Waals surface area (Å²) in [5.41, 5.74) is 2.94. The molecule has 0 heterocycles. The lowest BCUT2D eigenvalue weighted by molar-refractivity contribution is -0.138. The molecule has 0 amide bonds. The summed E-state index contributed by atoms with van der Waals surface area (Å²) >= 11 is 0. The van der Waals surface area contributed by atoms with Crippen molar-refractivity contribution in [2.75, 3.05) is 26.0 Å². The number of hydrogen-bond donors (Lipinski definition) is 3. The highest BCUT2D eigenvalue weighted by Gasteiger charge is 2.15. The van der Waals surface area contributed by atoms with Crippen LogP contribution in [0.4, 0.5) is 5.69 Å². The van der Waals surface area contributed by atoms with Crippen LogP contribution in [0.25, 0.3) is 0 Å². The highest BCUT2D eigenvalue weighted by Crippen LogP contribution is 2.29. The molecular formula is C13H20N2O3. The van der Waals surface area contributed by atoms with Crippen LogP contribution in [-0.2, 0) is 4.79 Å². The molecule has 0 saturated heterocycles. The molecule has 1 atom stereocenters. The molecule has 1 unspecified atom stereocenters. The average molecular weight is 252 g/mol. The van der Waals surface area contributed by atoms with Crippen LogP contribution in [-0.4, -0.2) is 37.8 Å². The fraction of sp³-hybridized carbons (Fsp3) is 0.462. The van der Waals surface area contributed by atoms with Crippen LogP contribution in [0.2, 0.25) is 0 Å². The number of aliphatic carboxylic acids is 1. The topological polar surface area (TPSA) is 70.6 Å². The molecule has 0 bridgehead atoms. The maximum Gasteiger partial charge on any atom is 0.322 e. The highest BCUT2D eigenvalue weighted by molar-refractivity contribution is 5.74. The zero-order valence-corrected chi connectivity index (χ0v) is 11.2. The number of anilines is 1. The molecule has 5 nitrogen and oxygen atoms in total. The number of carboxylic acid groups (broad SMARTS) is 1. The Morgan fingerprint density at radius 1 is 1.44 bits per heavy atom. The largest absolute Gasteiger partial charge is 0.494 e. The third-order valence-electron chi connectivity index (χ3n) is 2.77. The van der Waals surface area contributed by atoms with E-state index in [2.05, 4.69) is 10.6 Å². The van der Waals surface area contributed by atoms with E-state index in [1.54, 1.807) is 14.2 Å². The Bertz CT molecular complexity index is 432. The Hall–Kier alpha value is -1.75. The lowest BCUT2D eigenvalue weighted by Crippen LogP contribution is -2.39. The van der Waals surface area contributed by atoms with E-state index in [1.165, 1.54) is 0 Å². The third kappa shape index (κ3) is 3.37. The molecule has 0 radical (unpaired) electrons. The van der Waals surface area contributed by atoms with Gasteiger partial charge in [-0.05, 0) is 38.1 Å². The Morgan fingerprint density at radius 3 is 2.61 bits per heavy atom. The Labute approximate surface area is 107 Å². The van der Waals surface area contributed by atoms with Crippen molar-refractivity contribution in [3.8, 4) is 5.75 Å². The second kappa shape index (κ2) is 6.26. The number of carboxylic acids is 1. The van der Waals surface area contributed by atoms with Crippen molar-refractivity contribution in [1.29, 1.82) is 0 Å².